The second-order valence-electron chi connectivity index (χ2n) is 10.0. The van der Waals surface area contributed by atoms with Gasteiger partial charge in [-0.15, -0.1) is 0 Å². The number of amides is 1. The number of unbranched alkanes of at least 4 members (excludes halogenated alkanes) is 6. The fraction of sp³-hybridized carbons (Fsp3) is 0.438. The number of rotatable bonds is 15. The summed E-state index contributed by atoms with van der Waals surface area (Å²) in [5.74, 6) is 0.413. The van der Waals surface area contributed by atoms with E-state index < -0.39 is 5.97 Å². The van der Waals surface area contributed by atoms with Crippen molar-refractivity contribution in [2.45, 2.75) is 78.2 Å². The van der Waals surface area contributed by atoms with Gasteiger partial charge in [0.15, 0.2) is 0 Å². The summed E-state index contributed by atoms with van der Waals surface area (Å²) in [4.78, 5) is 26.8. The lowest BCUT2D eigenvalue weighted by molar-refractivity contribution is -0.136. The Morgan fingerprint density at radius 2 is 1.39 bits per heavy atom. The predicted octanol–water partition coefficient (Wildman–Crippen LogP) is 7.55. The summed E-state index contributed by atoms with van der Waals surface area (Å²) >= 11 is 0. The van der Waals surface area contributed by atoms with E-state index in [0.717, 1.165) is 72.7 Å². The summed E-state index contributed by atoms with van der Waals surface area (Å²) in [6.45, 7) is 5.92. The van der Waals surface area contributed by atoms with Crippen molar-refractivity contribution in [3.05, 3.63) is 65.2 Å². The molecule has 6 nitrogen and oxygen atoms in total. The van der Waals surface area contributed by atoms with Crippen molar-refractivity contribution in [2.75, 3.05) is 18.1 Å². The summed E-state index contributed by atoms with van der Waals surface area (Å²) in [5, 5.41) is 11.0. The van der Waals surface area contributed by atoms with Crippen molar-refractivity contribution in [1.29, 1.82) is 0 Å². The number of fused-ring (bicyclic) bond motifs is 2. The zero-order chi connectivity index (χ0) is 26.9. The summed E-state index contributed by atoms with van der Waals surface area (Å²) < 4.78 is 12.8. The van der Waals surface area contributed by atoms with Gasteiger partial charge in [-0.1, -0.05) is 88.8 Å². The number of benzene rings is 3. The van der Waals surface area contributed by atoms with Gasteiger partial charge >= 0.3 is 5.97 Å². The van der Waals surface area contributed by atoms with Crippen molar-refractivity contribution < 1.29 is 24.2 Å². The van der Waals surface area contributed by atoms with Gasteiger partial charge in [-0.25, -0.2) is 0 Å². The SMILES string of the molecule is CCCCCCOc1c2c(c(OCCCCCC)c3ccccc13)C(=O)N(c1ccc(CC(=O)O)cc1)C2. The molecule has 0 aliphatic carbocycles. The van der Waals surface area contributed by atoms with Gasteiger partial charge in [-0.2, -0.15) is 0 Å². The van der Waals surface area contributed by atoms with Crippen LogP contribution in [0.15, 0.2) is 48.5 Å². The Morgan fingerprint density at radius 3 is 1.97 bits per heavy atom. The topological polar surface area (TPSA) is 76.1 Å². The average Bonchev–Trinajstić information content (AvgIpc) is 3.26. The minimum Gasteiger partial charge on any atom is -0.493 e. The van der Waals surface area contributed by atoms with Crippen LogP contribution in [0.5, 0.6) is 11.5 Å². The number of hydrogen-bond acceptors (Lipinski definition) is 4. The molecule has 0 fully saturated rings. The third-order valence-corrected chi connectivity index (χ3v) is 7.09. The maximum atomic E-state index is 13.9. The molecule has 0 aromatic heterocycles. The van der Waals surface area contributed by atoms with Crippen LogP contribution in [0.2, 0.25) is 0 Å². The van der Waals surface area contributed by atoms with Crippen LogP contribution < -0.4 is 14.4 Å². The first-order chi connectivity index (χ1) is 18.5. The average molecular weight is 518 g/mol. The Morgan fingerprint density at radius 1 is 0.816 bits per heavy atom. The van der Waals surface area contributed by atoms with E-state index in [9.17, 15) is 9.59 Å². The standard InChI is InChI=1S/C32H39NO5/c1-3-5-7-11-19-37-30-25-13-9-10-14-26(25)31(38-20-12-8-6-4-2)29-27(30)22-33(32(29)36)24-17-15-23(16-18-24)21-28(34)35/h9-10,13-18H,3-8,11-12,19-22H2,1-2H3,(H,34,35). The highest BCUT2D eigenvalue weighted by Gasteiger charge is 2.36. The molecule has 38 heavy (non-hydrogen) atoms. The molecule has 3 aromatic carbocycles. The number of ether oxygens (including phenoxy) is 2. The van der Waals surface area contributed by atoms with Crippen LogP contribution in [-0.4, -0.2) is 30.2 Å². The Kier molecular flexibility index (Phi) is 9.63. The van der Waals surface area contributed by atoms with Gasteiger partial charge < -0.3 is 19.5 Å². The number of carboxylic acids is 1. The van der Waals surface area contributed by atoms with Gasteiger partial charge in [0.2, 0.25) is 0 Å². The molecule has 0 bridgehead atoms. The number of anilines is 1. The highest BCUT2D eigenvalue weighted by atomic mass is 16.5. The summed E-state index contributed by atoms with van der Waals surface area (Å²) in [5.41, 5.74) is 2.87. The monoisotopic (exact) mass is 517 g/mol. The number of hydrogen-bond donors (Lipinski definition) is 1. The summed E-state index contributed by atoms with van der Waals surface area (Å²) in [7, 11) is 0. The van der Waals surface area contributed by atoms with Crippen LogP contribution in [-0.2, 0) is 17.8 Å². The molecule has 1 heterocycles. The third kappa shape index (κ3) is 6.29. The Hall–Kier alpha value is -3.54. The zero-order valence-electron chi connectivity index (χ0n) is 22.6. The van der Waals surface area contributed by atoms with Gasteiger partial charge in [0, 0.05) is 22.0 Å². The molecule has 1 aliphatic heterocycles. The van der Waals surface area contributed by atoms with E-state index in [-0.39, 0.29) is 12.3 Å². The second kappa shape index (κ2) is 13.3. The van der Waals surface area contributed by atoms with E-state index in [2.05, 4.69) is 19.9 Å². The smallest absolute Gasteiger partial charge is 0.307 e. The number of nitrogens with zero attached hydrogens (tertiary/aromatic N) is 1. The molecular formula is C32H39NO5. The first kappa shape index (κ1) is 27.5. The highest BCUT2D eigenvalue weighted by Crippen LogP contribution is 2.46. The second-order valence-corrected chi connectivity index (χ2v) is 10.0. The Balaban J connectivity index is 1.70. The minimum atomic E-state index is -0.879. The molecule has 1 aliphatic rings. The molecule has 0 saturated carbocycles. The van der Waals surface area contributed by atoms with Gasteiger partial charge in [0.25, 0.3) is 5.91 Å². The van der Waals surface area contributed by atoms with Crippen molar-refractivity contribution in [2.24, 2.45) is 0 Å². The van der Waals surface area contributed by atoms with Crippen molar-refractivity contribution >= 4 is 28.3 Å². The first-order valence-corrected chi connectivity index (χ1v) is 14.0. The van der Waals surface area contributed by atoms with Crippen LogP contribution >= 0.6 is 0 Å². The molecule has 1 N–H and O–H groups in total. The van der Waals surface area contributed by atoms with Crippen LogP contribution in [0.4, 0.5) is 5.69 Å². The van der Waals surface area contributed by atoms with Crippen LogP contribution in [0.3, 0.4) is 0 Å². The molecule has 0 unspecified atom stereocenters. The van der Waals surface area contributed by atoms with Crippen LogP contribution in [0.1, 0.15) is 86.7 Å². The lowest BCUT2D eigenvalue weighted by Crippen LogP contribution is -2.23. The van der Waals surface area contributed by atoms with Crippen molar-refractivity contribution in [3.63, 3.8) is 0 Å². The fourth-order valence-corrected chi connectivity index (χ4v) is 5.07. The minimum absolute atomic E-state index is 0.0497. The quantitative estimate of drug-likeness (QED) is 0.211. The molecule has 1 amide bonds. The molecule has 202 valence electrons. The Labute approximate surface area is 225 Å². The predicted molar refractivity (Wildman–Crippen MR) is 152 cm³/mol. The molecule has 0 saturated heterocycles. The summed E-state index contributed by atoms with van der Waals surface area (Å²) in [6.07, 6.45) is 8.73. The largest absolute Gasteiger partial charge is 0.493 e. The molecule has 6 heteroatoms. The van der Waals surface area contributed by atoms with Crippen LogP contribution in [0, 0.1) is 0 Å². The molecule has 0 atom stereocenters. The number of carboxylic acid groups (broad SMARTS) is 1. The van der Waals surface area contributed by atoms with Gasteiger partial charge in [0.1, 0.15) is 11.5 Å². The normalized spacial score (nSPS) is 12.7. The van der Waals surface area contributed by atoms with E-state index in [0.29, 0.717) is 36.6 Å². The van der Waals surface area contributed by atoms with Gasteiger partial charge in [-0.05, 0) is 30.5 Å². The summed E-state index contributed by atoms with van der Waals surface area (Å²) in [6, 6.07) is 15.2. The number of carbonyl (C=O) groups is 2. The van der Waals surface area contributed by atoms with E-state index in [1.165, 1.54) is 6.42 Å². The lowest BCUT2D eigenvalue weighted by atomic mass is 9.99. The highest BCUT2D eigenvalue weighted by molar-refractivity contribution is 6.16. The van der Waals surface area contributed by atoms with Gasteiger partial charge in [0.05, 0.1) is 31.7 Å². The number of carbonyl (C=O) groups excluding carboxylic acids is 1. The van der Waals surface area contributed by atoms with E-state index in [1.807, 2.05) is 30.3 Å². The van der Waals surface area contributed by atoms with Gasteiger partial charge in [-0.3, -0.25) is 9.59 Å². The first-order valence-electron chi connectivity index (χ1n) is 14.0. The van der Waals surface area contributed by atoms with E-state index >= 15 is 0 Å². The third-order valence-electron chi connectivity index (χ3n) is 7.09. The maximum Gasteiger partial charge on any atom is 0.307 e. The number of aliphatic carboxylic acids is 1. The van der Waals surface area contributed by atoms with E-state index in [1.54, 1.807) is 17.0 Å². The molecule has 0 radical (unpaired) electrons. The maximum absolute atomic E-state index is 13.9. The van der Waals surface area contributed by atoms with Crippen molar-refractivity contribution in [3.8, 4) is 11.5 Å². The van der Waals surface area contributed by atoms with Crippen LogP contribution in [0.25, 0.3) is 10.8 Å². The molecule has 4 rings (SSSR count). The molecule has 0 spiro atoms. The Bertz CT molecular complexity index is 1250. The van der Waals surface area contributed by atoms with Crippen molar-refractivity contribution in [1.82, 2.24) is 0 Å². The molecule has 3 aromatic rings. The lowest BCUT2D eigenvalue weighted by Gasteiger charge is -2.18. The zero-order valence-corrected chi connectivity index (χ0v) is 22.6. The fourth-order valence-electron chi connectivity index (χ4n) is 5.07. The van der Waals surface area contributed by atoms with E-state index in [4.69, 9.17) is 14.6 Å². The molecular weight excluding hydrogens is 478 g/mol.